The standard InChI is InChI=1S/C22H24O4/c1-12-14-11-20(4)16(24)21(12,5)18(26)22(17(20)25,19(14,2)3)15(23)13-9-7-6-8-10-13/h6-10,12,14H,11H2,1-5H3/t12-,14+,20-,21+,22-/m1/s1. The monoisotopic (exact) mass is 352 g/mol. The van der Waals surface area contributed by atoms with E-state index in [0.717, 1.165) is 0 Å². The molecule has 0 N–H and O–H groups in total. The maximum absolute atomic E-state index is 13.8. The number of Topliss-reactive ketones (excluding diaryl/α,β-unsaturated/α-hetero) is 4. The van der Waals surface area contributed by atoms with E-state index < -0.39 is 39.0 Å². The Bertz CT molecular complexity index is 883. The number of ketones is 4. The summed E-state index contributed by atoms with van der Waals surface area (Å²) in [6, 6.07) is 8.54. The van der Waals surface area contributed by atoms with E-state index in [-0.39, 0.29) is 17.6 Å². The molecule has 0 aromatic heterocycles. The van der Waals surface area contributed by atoms with Crippen LogP contribution in [0, 0.1) is 33.5 Å². The lowest BCUT2D eigenvalue weighted by molar-refractivity contribution is -0.208. The van der Waals surface area contributed by atoms with Crippen molar-refractivity contribution < 1.29 is 19.2 Å². The summed E-state index contributed by atoms with van der Waals surface area (Å²) in [5.41, 5.74) is -4.77. The summed E-state index contributed by atoms with van der Waals surface area (Å²) in [4.78, 5) is 54.3. The molecular formula is C22H24O4. The largest absolute Gasteiger partial charge is 0.297 e. The fraction of sp³-hybridized carbons (Fsp3) is 0.545. The second-order valence-corrected chi connectivity index (χ2v) is 9.29. The summed E-state index contributed by atoms with van der Waals surface area (Å²) in [7, 11) is 0. The predicted octanol–water partition coefficient (Wildman–Crippen LogP) is 3.29. The zero-order chi connectivity index (χ0) is 19.3. The van der Waals surface area contributed by atoms with Gasteiger partial charge in [-0.1, -0.05) is 51.1 Å². The van der Waals surface area contributed by atoms with Gasteiger partial charge in [0, 0.05) is 5.56 Å². The van der Waals surface area contributed by atoms with Crippen molar-refractivity contribution in [3.8, 4) is 0 Å². The molecule has 1 aromatic rings. The van der Waals surface area contributed by atoms with Gasteiger partial charge in [-0.2, -0.15) is 0 Å². The molecule has 5 atom stereocenters. The van der Waals surface area contributed by atoms with E-state index in [2.05, 4.69) is 0 Å². The third kappa shape index (κ3) is 1.43. The average molecular weight is 352 g/mol. The number of carbonyl (C=O) groups is 4. The first-order chi connectivity index (χ1) is 12.0. The van der Waals surface area contributed by atoms with Gasteiger partial charge in [-0.25, -0.2) is 0 Å². The molecule has 4 bridgehead atoms. The van der Waals surface area contributed by atoms with Crippen LogP contribution in [0.15, 0.2) is 30.3 Å². The highest BCUT2D eigenvalue weighted by Gasteiger charge is 2.84. The van der Waals surface area contributed by atoms with Crippen LogP contribution < -0.4 is 0 Å². The molecule has 5 rings (SSSR count). The summed E-state index contributed by atoms with van der Waals surface area (Å²) in [6.45, 7) is 8.94. The van der Waals surface area contributed by atoms with Crippen molar-refractivity contribution in [3.63, 3.8) is 0 Å². The van der Waals surface area contributed by atoms with Crippen LogP contribution in [0.5, 0.6) is 0 Å². The lowest BCUT2D eigenvalue weighted by atomic mass is 9.28. The highest BCUT2D eigenvalue weighted by atomic mass is 16.2. The maximum atomic E-state index is 13.8. The van der Waals surface area contributed by atoms with E-state index in [1.807, 2.05) is 20.8 Å². The van der Waals surface area contributed by atoms with Crippen LogP contribution in [0.4, 0.5) is 0 Å². The van der Waals surface area contributed by atoms with Gasteiger partial charge < -0.3 is 0 Å². The molecule has 0 unspecified atom stereocenters. The van der Waals surface area contributed by atoms with E-state index in [1.54, 1.807) is 44.2 Å². The molecule has 0 amide bonds. The van der Waals surface area contributed by atoms with Crippen molar-refractivity contribution in [2.24, 2.45) is 33.5 Å². The smallest absolute Gasteiger partial charge is 0.184 e. The Balaban J connectivity index is 2.07. The molecule has 0 heterocycles. The van der Waals surface area contributed by atoms with Crippen molar-refractivity contribution in [2.45, 2.75) is 41.0 Å². The fourth-order valence-electron chi connectivity index (χ4n) is 6.35. The minimum atomic E-state index is -1.78. The summed E-state index contributed by atoms with van der Waals surface area (Å²) >= 11 is 0. The molecule has 4 aliphatic rings. The van der Waals surface area contributed by atoms with Crippen molar-refractivity contribution >= 4 is 23.1 Å². The second-order valence-electron chi connectivity index (χ2n) is 9.29. The van der Waals surface area contributed by atoms with Gasteiger partial charge in [0.15, 0.2) is 28.5 Å². The third-order valence-corrected chi connectivity index (χ3v) is 8.04. The SMILES string of the molecule is C[C@@H]1[C@@H]2C[C@]3(C)C(=O)[C@@]1(C)C(=O)[C@@](C(=O)c1ccccc1)(C3=O)C2(C)C. The van der Waals surface area contributed by atoms with Crippen LogP contribution in [0.25, 0.3) is 0 Å². The van der Waals surface area contributed by atoms with E-state index in [1.165, 1.54) is 0 Å². The summed E-state index contributed by atoms with van der Waals surface area (Å²) < 4.78 is 0. The highest BCUT2D eigenvalue weighted by Crippen LogP contribution is 2.73. The van der Waals surface area contributed by atoms with Gasteiger partial charge in [0.05, 0.1) is 10.8 Å². The zero-order valence-electron chi connectivity index (χ0n) is 15.9. The van der Waals surface area contributed by atoms with Gasteiger partial charge >= 0.3 is 0 Å². The lowest BCUT2D eigenvalue weighted by Crippen LogP contribution is -2.82. The molecule has 136 valence electrons. The van der Waals surface area contributed by atoms with Gasteiger partial charge in [0.2, 0.25) is 0 Å². The Morgan fingerprint density at radius 1 is 0.923 bits per heavy atom. The number of hydrogen-bond donors (Lipinski definition) is 0. The Hall–Kier alpha value is -2.10. The number of carbonyl (C=O) groups excluding carboxylic acids is 4. The zero-order valence-corrected chi connectivity index (χ0v) is 15.9. The summed E-state index contributed by atoms with van der Waals surface area (Å²) in [6.07, 6.45) is 0.422. The van der Waals surface area contributed by atoms with Crippen molar-refractivity contribution in [1.82, 2.24) is 0 Å². The molecule has 0 radical (unpaired) electrons. The minimum Gasteiger partial charge on any atom is -0.297 e. The molecule has 4 heteroatoms. The lowest BCUT2D eigenvalue weighted by Gasteiger charge is -2.69. The van der Waals surface area contributed by atoms with Crippen molar-refractivity contribution in [3.05, 3.63) is 35.9 Å². The molecule has 0 saturated heterocycles. The first-order valence-electron chi connectivity index (χ1n) is 9.23. The van der Waals surface area contributed by atoms with Crippen molar-refractivity contribution in [2.75, 3.05) is 0 Å². The number of hydrogen-bond acceptors (Lipinski definition) is 4. The normalized spacial score (nSPS) is 43.0. The molecule has 1 aromatic carbocycles. The van der Waals surface area contributed by atoms with Gasteiger partial charge in [-0.3, -0.25) is 19.2 Å². The molecule has 4 fully saturated rings. The Morgan fingerprint density at radius 2 is 1.50 bits per heavy atom. The highest BCUT2D eigenvalue weighted by molar-refractivity contribution is 6.42. The average Bonchev–Trinajstić information content (AvgIpc) is 2.61. The van der Waals surface area contributed by atoms with Crippen molar-refractivity contribution in [1.29, 1.82) is 0 Å². The summed E-state index contributed by atoms with van der Waals surface area (Å²) in [5.74, 6) is -1.94. The predicted molar refractivity (Wildman–Crippen MR) is 95.5 cm³/mol. The molecule has 0 spiro atoms. The quantitative estimate of drug-likeness (QED) is 0.605. The molecule has 4 saturated carbocycles. The Kier molecular flexibility index (Phi) is 3.06. The first-order valence-corrected chi connectivity index (χ1v) is 9.23. The molecule has 26 heavy (non-hydrogen) atoms. The minimum absolute atomic E-state index is 0.0433. The van der Waals surface area contributed by atoms with E-state index >= 15 is 0 Å². The maximum Gasteiger partial charge on any atom is 0.184 e. The van der Waals surface area contributed by atoms with Crippen LogP contribution in [0.1, 0.15) is 51.4 Å². The third-order valence-electron chi connectivity index (χ3n) is 8.04. The van der Waals surface area contributed by atoms with Crippen LogP contribution in [-0.2, 0) is 14.4 Å². The fourth-order valence-corrected chi connectivity index (χ4v) is 6.35. The Labute approximate surface area is 153 Å². The van der Waals surface area contributed by atoms with Gasteiger partial charge in [0.1, 0.15) is 0 Å². The van der Waals surface area contributed by atoms with Gasteiger partial charge in [-0.05, 0) is 37.5 Å². The van der Waals surface area contributed by atoms with Crippen LogP contribution >= 0.6 is 0 Å². The molecule has 4 aliphatic carbocycles. The number of benzene rings is 1. The van der Waals surface area contributed by atoms with Crippen LogP contribution in [0.2, 0.25) is 0 Å². The molecular weight excluding hydrogens is 328 g/mol. The van der Waals surface area contributed by atoms with Gasteiger partial charge in [0.25, 0.3) is 0 Å². The molecule has 0 aliphatic heterocycles. The number of rotatable bonds is 2. The topological polar surface area (TPSA) is 68.3 Å². The second kappa shape index (κ2) is 4.59. The van der Waals surface area contributed by atoms with E-state index in [9.17, 15) is 19.2 Å². The Morgan fingerprint density at radius 3 is 2.08 bits per heavy atom. The molecule has 4 nitrogen and oxygen atoms in total. The van der Waals surface area contributed by atoms with E-state index in [4.69, 9.17) is 0 Å². The van der Waals surface area contributed by atoms with E-state index in [0.29, 0.717) is 12.0 Å². The first kappa shape index (κ1) is 17.3. The van der Waals surface area contributed by atoms with Crippen LogP contribution in [-0.4, -0.2) is 23.1 Å². The van der Waals surface area contributed by atoms with Crippen LogP contribution in [0.3, 0.4) is 0 Å². The summed E-state index contributed by atoms with van der Waals surface area (Å²) in [5, 5.41) is 0. The van der Waals surface area contributed by atoms with Gasteiger partial charge in [-0.15, -0.1) is 0 Å².